The number of fused-ring (bicyclic) bond motifs is 2. The van der Waals surface area contributed by atoms with E-state index in [2.05, 4.69) is 29.2 Å². The average Bonchev–Trinajstić information content (AvgIpc) is 4.13. The van der Waals surface area contributed by atoms with E-state index in [-0.39, 0.29) is 34.1 Å². The monoisotopic (exact) mass is 1160 g/mol. The number of ether oxygens (including phenoxy) is 4. The van der Waals surface area contributed by atoms with Gasteiger partial charge in [0.1, 0.15) is 50.0 Å². The Morgan fingerprint density at radius 3 is 2.20 bits per heavy atom. The van der Waals surface area contributed by atoms with Gasteiger partial charge in [-0.25, -0.2) is 38.0 Å². The van der Waals surface area contributed by atoms with Crippen LogP contribution < -0.4 is 42.6 Å². The zero-order chi connectivity index (χ0) is 55.6. The molecule has 16 atom stereocenters. The van der Waals surface area contributed by atoms with Gasteiger partial charge in [0.05, 0.1) is 51.1 Å². The number of aliphatic hydroxyl groups excluding tert-OH is 3. The zero-order valence-electron chi connectivity index (χ0n) is 39.7. The molecule has 8 heterocycles. The molecular weight excluding hydrogens is 1110 g/mol. The van der Waals surface area contributed by atoms with Crippen LogP contribution in [-0.2, 0) is 66.9 Å². The number of hydrogen-bond acceptors (Lipinski definition) is 26. The Hall–Kier alpha value is -5.07. The summed E-state index contributed by atoms with van der Waals surface area (Å²) in [6.45, 7) is -3.39. The number of rotatable bonds is 20. The molecule has 5 aromatic heterocycles. The summed E-state index contributed by atoms with van der Waals surface area (Å²) in [5.41, 5.74) is 7.03. The van der Waals surface area contributed by atoms with Gasteiger partial charge in [-0.15, -0.1) is 4.86 Å². The number of aryl methyl sites for hydroxylation is 1. The summed E-state index contributed by atoms with van der Waals surface area (Å²) < 4.78 is 101. The molecule has 3 fully saturated rings. The van der Waals surface area contributed by atoms with Gasteiger partial charge < -0.3 is 79.3 Å². The first kappa shape index (κ1) is 57.1. The minimum atomic E-state index is -6.01. The summed E-state index contributed by atoms with van der Waals surface area (Å²) >= 11 is 0. The van der Waals surface area contributed by atoms with Crippen molar-refractivity contribution >= 4 is 70.9 Å². The number of nitrogens with one attached hydrogen (secondary N) is 3. The molecule has 0 aromatic carbocycles. The van der Waals surface area contributed by atoms with Gasteiger partial charge in [-0.05, 0) is 0 Å². The van der Waals surface area contributed by atoms with Gasteiger partial charge in [0.2, 0.25) is 24.4 Å². The van der Waals surface area contributed by atoms with Crippen LogP contribution >= 0.6 is 30.9 Å². The van der Waals surface area contributed by atoms with Crippen molar-refractivity contribution in [3.05, 3.63) is 62.4 Å². The second kappa shape index (κ2) is 21.6. The van der Waals surface area contributed by atoms with E-state index < -0.39 is 153 Å². The molecule has 418 valence electrons. The fraction of sp³-hybridized carbons (Fsp3) is 0.571. The highest BCUT2D eigenvalue weighted by molar-refractivity contribution is 7.71. The van der Waals surface area contributed by atoms with Crippen LogP contribution in [0.4, 0.5) is 11.8 Å². The molecule has 0 aliphatic carbocycles. The Morgan fingerprint density at radius 2 is 1.51 bits per heavy atom. The number of phosphoric ester groups is 1. The fourth-order valence-electron chi connectivity index (χ4n) is 8.75. The molecule has 5 aromatic rings. The molecule has 76 heavy (non-hydrogen) atoms. The topological polar surface area (TPSA) is 524 Å². The minimum absolute atomic E-state index is 0.00598. The van der Waals surface area contributed by atoms with Gasteiger partial charge >= 0.3 is 34.6 Å². The molecule has 3 aliphatic rings. The smallest absolute Gasteiger partial charge is 0.480 e. The molecule has 0 saturated carbocycles. The van der Waals surface area contributed by atoms with Crippen LogP contribution in [0.5, 0.6) is 0 Å². The summed E-state index contributed by atoms with van der Waals surface area (Å²) in [5.74, 6) is -2.19. The van der Waals surface area contributed by atoms with Gasteiger partial charge in [0, 0.05) is 45.8 Å². The number of aromatic amines is 2. The van der Waals surface area contributed by atoms with Crippen LogP contribution in [0.25, 0.3) is 22.3 Å². The lowest BCUT2D eigenvalue weighted by molar-refractivity contribution is -0.646. The van der Waals surface area contributed by atoms with E-state index in [1.807, 2.05) is 4.98 Å². The van der Waals surface area contributed by atoms with Crippen molar-refractivity contribution in [2.24, 2.45) is 13.0 Å². The normalized spacial score (nSPS) is 30.0. The highest BCUT2D eigenvalue weighted by atomic mass is 31.3. The number of aromatic nitrogens is 10. The lowest BCUT2D eigenvalue weighted by atomic mass is 9.94. The third-order valence-corrected chi connectivity index (χ3v) is 18.8. The maximum absolute atomic E-state index is 14.2. The van der Waals surface area contributed by atoms with Crippen molar-refractivity contribution in [1.29, 1.82) is 0 Å². The average molecular weight is 1160 g/mol. The SMILES string of the molecule is CO[C@@H]1[C@H](P(=O)([O-])OC[C@H]2O[C@@H](n3ccc(=O)[nH]c3=O)[C@H](O)[C@@H]2O)[C@@H](COP(=O)(O)NP(=O)(O)OP(=O)(O)OC[C@H]2OC(n3c[n+](C)c4c(=O)[nH]c(N)nc43)[C@H](O)[C@@H]2CC(=O)N(C)C)O[C@H]1n1cnc2c(N)ncnc21. The number of hydrogen-bond donors (Lipinski definition) is 11. The van der Waals surface area contributed by atoms with Crippen molar-refractivity contribution in [2.75, 3.05) is 52.5 Å². The van der Waals surface area contributed by atoms with Gasteiger partial charge in [-0.1, -0.05) is 0 Å². The number of methoxy groups -OCH3 is 1. The van der Waals surface area contributed by atoms with Gasteiger partial charge in [-0.3, -0.25) is 42.5 Å². The Kier molecular flexibility index (Phi) is 16.3. The number of imidazole rings is 2. The summed E-state index contributed by atoms with van der Waals surface area (Å²) in [6.07, 6.45) is -12.8. The molecule has 3 aliphatic heterocycles. The van der Waals surface area contributed by atoms with E-state index in [0.29, 0.717) is 0 Å². The number of amides is 1. The van der Waals surface area contributed by atoms with E-state index in [9.17, 15) is 72.3 Å². The first-order valence-electron chi connectivity index (χ1n) is 22.0. The van der Waals surface area contributed by atoms with Gasteiger partial charge in [-0.2, -0.15) is 13.9 Å². The van der Waals surface area contributed by atoms with E-state index in [1.165, 1.54) is 46.4 Å². The van der Waals surface area contributed by atoms with Crippen LogP contribution in [0, 0.1) is 5.92 Å². The van der Waals surface area contributed by atoms with Crippen molar-refractivity contribution in [3.8, 4) is 0 Å². The number of carbonyl (C=O) groups excluding carboxylic acids is 1. The molecule has 41 heteroatoms. The van der Waals surface area contributed by atoms with Crippen LogP contribution in [0.2, 0.25) is 0 Å². The predicted molar refractivity (Wildman–Crippen MR) is 247 cm³/mol. The zero-order valence-corrected chi connectivity index (χ0v) is 43.3. The van der Waals surface area contributed by atoms with Crippen molar-refractivity contribution < 1.29 is 99.3 Å². The second-order valence-corrected chi connectivity index (χ2v) is 24.4. The largest absolute Gasteiger partial charge is 0.778 e. The summed E-state index contributed by atoms with van der Waals surface area (Å²) in [5, 5.41) is 32.9. The molecule has 3 saturated heterocycles. The van der Waals surface area contributed by atoms with Crippen LogP contribution in [0.15, 0.2) is 45.6 Å². The van der Waals surface area contributed by atoms with E-state index in [4.69, 9.17) is 44.0 Å². The first-order valence-corrected chi connectivity index (χ1v) is 28.3. The Morgan fingerprint density at radius 1 is 0.855 bits per heavy atom. The number of nitrogens with two attached hydrogens (primary N) is 2. The van der Waals surface area contributed by atoms with Crippen LogP contribution in [0.1, 0.15) is 25.1 Å². The third kappa shape index (κ3) is 11.7. The molecule has 37 nitrogen and oxygen atoms in total. The molecule has 1 amide bonds. The molecule has 0 spiro atoms. The quantitative estimate of drug-likeness (QED) is 0.0256. The number of H-pyrrole nitrogens is 2. The fourth-order valence-corrected chi connectivity index (χ4v) is 14.4. The van der Waals surface area contributed by atoms with Crippen LogP contribution in [-0.4, -0.2) is 174 Å². The van der Waals surface area contributed by atoms with Gasteiger partial charge in [0.25, 0.3) is 16.7 Å². The standard InChI is InChI=1S/C35H50N14O23P4/c1-45(2)19(51)7-14-15(69-31(22(14)52)49-13-46(3)21-29(49)42-34(37)43-30(21)55)8-68-76(63,64)72-75(61,62)44-74(59,60)67-10-17-26(25(65-4)33(71-17)48-12-40-20-27(36)38-11-39-28(20)48)73(57,58)66-9-16-23(53)24(54)32(70-16)47-6-5-18(50)41-35(47)56/h5-6,11-17,22-26,31-33,52-54H,7-10H2,1-4H3,(H10-,36,37,38,39,41,42,43,44,50,55,56,57,58,59,60,61,62,63,64)/t14-,15-,16-,17-,22-,23-,24-,25-,26-,31?,32-,33-/m1/s1. The Balaban J connectivity index is 0.969. The van der Waals surface area contributed by atoms with Crippen molar-refractivity contribution in [1.82, 2.24) is 53.4 Å². The summed E-state index contributed by atoms with van der Waals surface area (Å²) in [4.78, 5) is 119. The van der Waals surface area contributed by atoms with Crippen molar-refractivity contribution in [2.45, 2.75) is 73.5 Å². The number of aliphatic hydroxyl groups is 3. The Labute approximate surface area is 424 Å². The molecule has 8 rings (SSSR count). The number of carbonyl (C=O) groups is 1. The molecule has 0 bridgehead atoms. The van der Waals surface area contributed by atoms with E-state index in [0.717, 1.165) is 41.2 Å². The number of anilines is 2. The molecular formula is C35H50N14O23P4. The first-order chi connectivity index (χ1) is 35.5. The molecule has 0 radical (unpaired) electrons. The second-order valence-electron chi connectivity index (χ2n) is 17.5. The van der Waals surface area contributed by atoms with E-state index >= 15 is 0 Å². The number of nitrogen functional groups attached to an aromatic ring is 2. The number of phosphoric acid groups is 1. The van der Waals surface area contributed by atoms with Crippen LogP contribution in [0.3, 0.4) is 0 Å². The predicted octanol–water partition coefficient (Wildman–Crippen LogP) is -5.13. The summed E-state index contributed by atoms with van der Waals surface area (Å²) in [7, 11) is -17.8. The highest BCUT2D eigenvalue weighted by Crippen LogP contribution is 2.63. The minimum Gasteiger partial charge on any atom is -0.778 e. The van der Waals surface area contributed by atoms with Gasteiger partial charge in [0.15, 0.2) is 23.9 Å². The lowest BCUT2D eigenvalue weighted by Gasteiger charge is -2.35. The van der Waals surface area contributed by atoms with Crippen molar-refractivity contribution in [3.63, 3.8) is 0 Å². The molecule has 13 N–H and O–H groups in total. The maximum Gasteiger partial charge on any atom is 0.480 e. The Bertz CT molecular complexity index is 3390. The number of nitrogens with zero attached hydrogens (tertiary/aromatic N) is 9. The summed E-state index contributed by atoms with van der Waals surface area (Å²) in [6, 6.07) is 0.916. The van der Waals surface area contributed by atoms with E-state index in [1.54, 1.807) is 0 Å². The highest BCUT2D eigenvalue weighted by Gasteiger charge is 2.55. The molecule has 5 unspecified atom stereocenters. The lowest BCUT2D eigenvalue weighted by Crippen LogP contribution is -2.40. The maximum atomic E-state index is 14.2. The third-order valence-electron chi connectivity index (χ3n) is 12.3.